The fourth-order valence-corrected chi connectivity index (χ4v) is 2.87. The highest BCUT2D eigenvalue weighted by molar-refractivity contribution is 5.91. The van der Waals surface area contributed by atoms with E-state index in [1.165, 1.54) is 25.7 Å². The SMILES string of the molecule is O=C(NCC1CC1)C1=C[C@H](C2CC2)C[C@H](OCCCCO)O1. The Morgan fingerprint density at radius 1 is 1.32 bits per heavy atom. The molecular weight excluding hydrogens is 282 g/mol. The molecule has 2 saturated carbocycles. The molecule has 2 fully saturated rings. The highest BCUT2D eigenvalue weighted by Gasteiger charge is 2.37. The van der Waals surface area contributed by atoms with Gasteiger partial charge in [0, 0.05) is 19.6 Å². The molecule has 1 amide bonds. The molecule has 1 aliphatic heterocycles. The summed E-state index contributed by atoms with van der Waals surface area (Å²) in [4.78, 5) is 12.2. The number of rotatable bonds is 9. The number of carbonyl (C=O) groups excluding carboxylic acids is 1. The van der Waals surface area contributed by atoms with Crippen LogP contribution in [0.15, 0.2) is 11.8 Å². The van der Waals surface area contributed by atoms with Gasteiger partial charge in [-0.2, -0.15) is 0 Å². The molecular formula is C17H27NO4. The summed E-state index contributed by atoms with van der Waals surface area (Å²) in [6.07, 6.45) is 9.02. The summed E-state index contributed by atoms with van der Waals surface area (Å²) in [7, 11) is 0. The van der Waals surface area contributed by atoms with Crippen LogP contribution in [0.2, 0.25) is 0 Å². The van der Waals surface area contributed by atoms with Crippen LogP contribution in [0, 0.1) is 17.8 Å². The van der Waals surface area contributed by atoms with Crippen LogP contribution in [-0.4, -0.2) is 37.1 Å². The lowest BCUT2D eigenvalue weighted by Crippen LogP contribution is -2.34. The quantitative estimate of drug-likeness (QED) is 0.639. The van der Waals surface area contributed by atoms with Crippen molar-refractivity contribution in [3.8, 4) is 0 Å². The molecule has 1 heterocycles. The first kappa shape index (κ1) is 15.8. The van der Waals surface area contributed by atoms with Gasteiger partial charge in [-0.25, -0.2) is 0 Å². The van der Waals surface area contributed by atoms with Gasteiger partial charge in [0.05, 0.1) is 6.61 Å². The van der Waals surface area contributed by atoms with Crippen molar-refractivity contribution in [1.82, 2.24) is 5.32 Å². The van der Waals surface area contributed by atoms with Gasteiger partial charge < -0.3 is 19.9 Å². The number of aliphatic hydroxyl groups is 1. The van der Waals surface area contributed by atoms with E-state index in [0.29, 0.717) is 30.1 Å². The number of nitrogens with one attached hydrogen (secondary N) is 1. The van der Waals surface area contributed by atoms with Crippen molar-refractivity contribution in [3.05, 3.63) is 11.8 Å². The summed E-state index contributed by atoms with van der Waals surface area (Å²) in [5.41, 5.74) is 0. The van der Waals surface area contributed by atoms with Gasteiger partial charge in [-0.1, -0.05) is 0 Å². The van der Waals surface area contributed by atoms with Gasteiger partial charge in [0.15, 0.2) is 5.76 Å². The second-order valence-corrected chi connectivity index (χ2v) is 6.77. The number of hydrogen-bond donors (Lipinski definition) is 2. The summed E-state index contributed by atoms with van der Waals surface area (Å²) in [6, 6.07) is 0. The molecule has 0 bridgehead atoms. The van der Waals surface area contributed by atoms with Crippen molar-refractivity contribution in [2.24, 2.45) is 17.8 Å². The van der Waals surface area contributed by atoms with Gasteiger partial charge in [-0.3, -0.25) is 4.79 Å². The van der Waals surface area contributed by atoms with Gasteiger partial charge in [0.1, 0.15) is 0 Å². The Bertz CT molecular complexity index is 415. The highest BCUT2D eigenvalue weighted by atomic mass is 16.7. The standard InChI is InChI=1S/C17H27NO4/c19-7-1-2-8-21-16-10-14(13-5-6-13)9-15(22-16)17(20)18-11-12-3-4-12/h9,12-14,16,19H,1-8,10-11H2,(H,18,20)/t14-,16+/m0/s1. The van der Waals surface area contributed by atoms with E-state index in [2.05, 4.69) is 5.32 Å². The molecule has 0 saturated heterocycles. The van der Waals surface area contributed by atoms with Crippen LogP contribution in [0.25, 0.3) is 0 Å². The van der Waals surface area contributed by atoms with Gasteiger partial charge in [-0.15, -0.1) is 0 Å². The molecule has 2 atom stereocenters. The molecule has 5 heteroatoms. The van der Waals surface area contributed by atoms with Crippen molar-refractivity contribution in [2.45, 2.75) is 51.2 Å². The molecule has 2 aliphatic carbocycles. The fourth-order valence-electron chi connectivity index (χ4n) is 2.87. The molecule has 22 heavy (non-hydrogen) atoms. The average molecular weight is 309 g/mol. The third kappa shape index (κ3) is 4.71. The van der Waals surface area contributed by atoms with E-state index in [9.17, 15) is 4.79 Å². The Labute approximate surface area is 132 Å². The van der Waals surface area contributed by atoms with Gasteiger partial charge in [0.2, 0.25) is 6.29 Å². The zero-order valence-corrected chi connectivity index (χ0v) is 13.1. The number of amides is 1. The smallest absolute Gasteiger partial charge is 0.286 e. The number of hydrogen-bond acceptors (Lipinski definition) is 4. The first-order chi connectivity index (χ1) is 10.8. The molecule has 0 aromatic heterocycles. The Balaban J connectivity index is 1.51. The summed E-state index contributed by atoms with van der Waals surface area (Å²) in [5, 5.41) is 11.8. The van der Waals surface area contributed by atoms with Crippen LogP contribution in [0.5, 0.6) is 0 Å². The van der Waals surface area contributed by atoms with Crippen LogP contribution >= 0.6 is 0 Å². The fraction of sp³-hybridized carbons (Fsp3) is 0.824. The Morgan fingerprint density at radius 2 is 2.14 bits per heavy atom. The predicted molar refractivity (Wildman–Crippen MR) is 81.8 cm³/mol. The maximum absolute atomic E-state index is 12.2. The summed E-state index contributed by atoms with van der Waals surface area (Å²) in [6.45, 7) is 1.52. The minimum atomic E-state index is -0.323. The Kier molecular flexibility index (Phi) is 5.37. The zero-order valence-electron chi connectivity index (χ0n) is 13.1. The van der Waals surface area contributed by atoms with Crippen molar-refractivity contribution in [2.75, 3.05) is 19.8 Å². The second-order valence-electron chi connectivity index (χ2n) is 6.77. The molecule has 3 rings (SSSR count). The number of unbranched alkanes of at least 4 members (excludes halogenated alkanes) is 1. The van der Waals surface area contributed by atoms with Gasteiger partial charge >= 0.3 is 0 Å². The monoisotopic (exact) mass is 309 g/mol. The molecule has 0 aromatic carbocycles. The molecule has 0 spiro atoms. The number of aliphatic hydroxyl groups excluding tert-OH is 1. The number of carbonyl (C=O) groups is 1. The van der Waals surface area contributed by atoms with Crippen LogP contribution in [-0.2, 0) is 14.3 Å². The molecule has 0 unspecified atom stereocenters. The van der Waals surface area contributed by atoms with Gasteiger partial charge in [-0.05, 0) is 62.4 Å². The van der Waals surface area contributed by atoms with Crippen molar-refractivity contribution < 1.29 is 19.4 Å². The lowest BCUT2D eigenvalue weighted by molar-refractivity contribution is -0.150. The third-order valence-corrected chi connectivity index (χ3v) is 4.64. The van der Waals surface area contributed by atoms with Crippen molar-refractivity contribution >= 4 is 5.91 Å². The largest absolute Gasteiger partial charge is 0.459 e. The van der Waals surface area contributed by atoms with E-state index in [1.807, 2.05) is 6.08 Å². The van der Waals surface area contributed by atoms with Crippen molar-refractivity contribution in [1.29, 1.82) is 0 Å². The first-order valence-electron chi connectivity index (χ1n) is 8.65. The predicted octanol–water partition coefficient (Wildman–Crippen LogP) is 1.96. The van der Waals surface area contributed by atoms with E-state index >= 15 is 0 Å². The normalized spacial score (nSPS) is 28.0. The Morgan fingerprint density at radius 3 is 2.82 bits per heavy atom. The second kappa shape index (κ2) is 7.47. The Hall–Kier alpha value is -1.07. The first-order valence-corrected chi connectivity index (χ1v) is 8.65. The average Bonchev–Trinajstić information content (AvgIpc) is 3.40. The summed E-state index contributed by atoms with van der Waals surface area (Å²) in [5.74, 6) is 2.10. The summed E-state index contributed by atoms with van der Waals surface area (Å²) < 4.78 is 11.5. The van der Waals surface area contributed by atoms with Crippen LogP contribution in [0.1, 0.15) is 44.9 Å². The maximum Gasteiger partial charge on any atom is 0.286 e. The molecule has 0 radical (unpaired) electrons. The zero-order chi connectivity index (χ0) is 15.4. The van der Waals surface area contributed by atoms with Crippen LogP contribution < -0.4 is 5.32 Å². The van der Waals surface area contributed by atoms with E-state index < -0.39 is 0 Å². The molecule has 0 aromatic rings. The number of ether oxygens (including phenoxy) is 2. The third-order valence-electron chi connectivity index (χ3n) is 4.64. The van der Waals surface area contributed by atoms with E-state index in [4.69, 9.17) is 14.6 Å². The lowest BCUT2D eigenvalue weighted by atomic mass is 9.96. The molecule has 3 aliphatic rings. The van der Waals surface area contributed by atoms with E-state index in [-0.39, 0.29) is 18.8 Å². The van der Waals surface area contributed by atoms with E-state index in [1.54, 1.807) is 0 Å². The molecule has 5 nitrogen and oxygen atoms in total. The van der Waals surface area contributed by atoms with Crippen molar-refractivity contribution in [3.63, 3.8) is 0 Å². The van der Waals surface area contributed by atoms with Gasteiger partial charge in [0.25, 0.3) is 5.91 Å². The van der Waals surface area contributed by atoms with E-state index in [0.717, 1.165) is 25.8 Å². The minimum Gasteiger partial charge on any atom is -0.459 e. The molecule has 124 valence electrons. The maximum atomic E-state index is 12.2. The summed E-state index contributed by atoms with van der Waals surface area (Å²) >= 11 is 0. The lowest BCUT2D eigenvalue weighted by Gasteiger charge is -2.29. The van der Waals surface area contributed by atoms with Crippen LogP contribution in [0.4, 0.5) is 0 Å². The number of allylic oxidation sites excluding steroid dienone is 1. The highest BCUT2D eigenvalue weighted by Crippen LogP contribution is 2.42. The molecule has 2 N–H and O–H groups in total. The van der Waals surface area contributed by atoms with Crippen LogP contribution in [0.3, 0.4) is 0 Å². The minimum absolute atomic E-state index is 0.0961. The topological polar surface area (TPSA) is 67.8 Å².